The van der Waals surface area contributed by atoms with Gasteiger partial charge in [-0.15, -0.1) is 0 Å². The van der Waals surface area contributed by atoms with Gasteiger partial charge < -0.3 is 15.2 Å². The fraction of sp³-hybridized carbons (Fsp3) is 0.467. The minimum absolute atomic E-state index is 0.0812. The lowest BCUT2D eigenvalue weighted by Crippen LogP contribution is -2.47. The summed E-state index contributed by atoms with van der Waals surface area (Å²) in [6.45, 7) is 1.31. The van der Waals surface area contributed by atoms with Crippen LogP contribution in [0.25, 0.3) is 0 Å². The molecule has 0 aromatic heterocycles. The van der Waals surface area contributed by atoms with E-state index in [9.17, 15) is 14.7 Å². The highest BCUT2D eigenvalue weighted by Gasteiger charge is 2.42. The molecule has 1 aromatic rings. The molecule has 1 heterocycles. The first-order valence-corrected chi connectivity index (χ1v) is 6.76. The first-order chi connectivity index (χ1) is 9.62. The van der Waals surface area contributed by atoms with Crippen molar-refractivity contribution >= 4 is 11.9 Å². The van der Waals surface area contributed by atoms with Crippen molar-refractivity contribution in [1.82, 2.24) is 5.32 Å². The summed E-state index contributed by atoms with van der Waals surface area (Å²) in [4.78, 5) is 23.3. The second-order valence-corrected chi connectivity index (χ2v) is 5.19. The van der Waals surface area contributed by atoms with Crippen molar-refractivity contribution in [2.24, 2.45) is 5.41 Å². The van der Waals surface area contributed by atoms with E-state index in [-0.39, 0.29) is 13.0 Å². The number of hydrogen-bond acceptors (Lipinski definition) is 4. The van der Waals surface area contributed by atoms with Gasteiger partial charge in [0.25, 0.3) is 0 Å². The number of aliphatic carboxylic acids is 1. The summed E-state index contributed by atoms with van der Waals surface area (Å²) in [7, 11) is 0. The van der Waals surface area contributed by atoms with Gasteiger partial charge in [-0.1, -0.05) is 30.3 Å². The maximum Gasteiger partial charge on any atom is 0.311 e. The van der Waals surface area contributed by atoms with Crippen LogP contribution in [0.4, 0.5) is 0 Å². The van der Waals surface area contributed by atoms with Crippen LogP contribution in [0.15, 0.2) is 30.3 Å². The summed E-state index contributed by atoms with van der Waals surface area (Å²) < 4.78 is 5.18. The molecule has 1 saturated heterocycles. The quantitative estimate of drug-likeness (QED) is 0.799. The molecule has 0 amide bonds. The SMILES string of the molecule is O=C(C[C@@]1(C(=O)O)CCCNC1)OCc1ccccc1. The van der Waals surface area contributed by atoms with Gasteiger partial charge in [0.1, 0.15) is 6.61 Å². The van der Waals surface area contributed by atoms with Crippen molar-refractivity contribution in [3.05, 3.63) is 35.9 Å². The Labute approximate surface area is 117 Å². The Hall–Kier alpha value is -1.88. The van der Waals surface area contributed by atoms with Crippen LogP contribution < -0.4 is 5.32 Å². The second-order valence-electron chi connectivity index (χ2n) is 5.19. The number of benzene rings is 1. The van der Waals surface area contributed by atoms with E-state index < -0.39 is 17.4 Å². The molecule has 1 aliphatic rings. The maximum absolute atomic E-state index is 11.9. The Morgan fingerprint density at radius 2 is 2.05 bits per heavy atom. The molecule has 0 spiro atoms. The minimum Gasteiger partial charge on any atom is -0.481 e. The smallest absolute Gasteiger partial charge is 0.311 e. The lowest BCUT2D eigenvalue weighted by atomic mass is 9.78. The molecule has 1 aliphatic heterocycles. The molecule has 5 nitrogen and oxygen atoms in total. The summed E-state index contributed by atoms with van der Waals surface area (Å²) in [6.07, 6.45) is 1.19. The molecule has 2 N–H and O–H groups in total. The van der Waals surface area contributed by atoms with Crippen LogP contribution in [0.1, 0.15) is 24.8 Å². The fourth-order valence-corrected chi connectivity index (χ4v) is 2.44. The Morgan fingerprint density at radius 1 is 1.30 bits per heavy atom. The summed E-state index contributed by atoms with van der Waals surface area (Å²) >= 11 is 0. The minimum atomic E-state index is -1.02. The second kappa shape index (κ2) is 6.52. The highest BCUT2D eigenvalue weighted by Crippen LogP contribution is 2.31. The first kappa shape index (κ1) is 14.5. The fourth-order valence-electron chi connectivity index (χ4n) is 2.44. The number of carboxylic acids is 1. The van der Waals surface area contributed by atoms with Crippen LogP contribution in [-0.4, -0.2) is 30.1 Å². The molecule has 1 aromatic carbocycles. The summed E-state index contributed by atoms with van der Waals surface area (Å²) in [6, 6.07) is 9.35. The summed E-state index contributed by atoms with van der Waals surface area (Å²) in [5.74, 6) is -1.39. The first-order valence-electron chi connectivity index (χ1n) is 6.76. The number of carbonyl (C=O) groups is 2. The Morgan fingerprint density at radius 3 is 2.65 bits per heavy atom. The van der Waals surface area contributed by atoms with Gasteiger partial charge in [-0.25, -0.2) is 0 Å². The normalized spacial score (nSPS) is 22.2. The Kier molecular flexibility index (Phi) is 4.74. The standard InChI is InChI=1S/C15H19NO4/c17-13(20-10-12-5-2-1-3-6-12)9-15(14(18)19)7-4-8-16-11-15/h1-3,5-6,16H,4,7-11H2,(H,18,19)/t15-/m0/s1. The zero-order valence-corrected chi connectivity index (χ0v) is 11.3. The van der Waals surface area contributed by atoms with Crippen LogP contribution in [0, 0.1) is 5.41 Å². The van der Waals surface area contributed by atoms with E-state index in [0.29, 0.717) is 13.0 Å². The number of nitrogens with one attached hydrogen (secondary N) is 1. The number of hydrogen-bond donors (Lipinski definition) is 2. The van der Waals surface area contributed by atoms with Crippen molar-refractivity contribution in [3.8, 4) is 0 Å². The Bertz CT molecular complexity index is 466. The van der Waals surface area contributed by atoms with E-state index >= 15 is 0 Å². The molecule has 1 atom stereocenters. The molecule has 0 aliphatic carbocycles. The lowest BCUT2D eigenvalue weighted by Gasteiger charge is -2.32. The van der Waals surface area contributed by atoms with Gasteiger partial charge >= 0.3 is 11.9 Å². The number of piperidine rings is 1. The molecule has 108 valence electrons. The summed E-state index contributed by atoms with van der Waals surface area (Å²) in [5, 5.41) is 12.4. The lowest BCUT2D eigenvalue weighted by molar-refractivity contribution is -0.160. The van der Waals surface area contributed by atoms with Crippen LogP contribution in [0.2, 0.25) is 0 Å². The van der Waals surface area contributed by atoms with E-state index in [0.717, 1.165) is 18.5 Å². The molecule has 0 bridgehead atoms. The van der Waals surface area contributed by atoms with Gasteiger partial charge in [0.05, 0.1) is 11.8 Å². The third kappa shape index (κ3) is 3.57. The number of carboxylic acid groups (broad SMARTS) is 1. The topological polar surface area (TPSA) is 75.6 Å². The molecule has 2 rings (SSSR count). The molecule has 1 fully saturated rings. The van der Waals surface area contributed by atoms with Crippen LogP contribution in [-0.2, 0) is 20.9 Å². The highest BCUT2D eigenvalue weighted by atomic mass is 16.5. The van der Waals surface area contributed by atoms with Gasteiger partial charge in [-0.2, -0.15) is 0 Å². The number of ether oxygens (including phenoxy) is 1. The predicted molar refractivity (Wildman–Crippen MR) is 73.0 cm³/mol. The van der Waals surface area contributed by atoms with Crippen molar-refractivity contribution in [1.29, 1.82) is 0 Å². The van der Waals surface area contributed by atoms with Crippen molar-refractivity contribution in [3.63, 3.8) is 0 Å². The monoisotopic (exact) mass is 277 g/mol. The molecule has 0 radical (unpaired) electrons. The van der Waals surface area contributed by atoms with Crippen LogP contribution in [0.3, 0.4) is 0 Å². The van der Waals surface area contributed by atoms with E-state index in [2.05, 4.69) is 5.32 Å². The van der Waals surface area contributed by atoms with E-state index in [1.807, 2.05) is 30.3 Å². The Balaban J connectivity index is 1.90. The summed E-state index contributed by atoms with van der Waals surface area (Å²) in [5.41, 5.74) is -0.126. The van der Waals surface area contributed by atoms with Crippen LogP contribution in [0.5, 0.6) is 0 Å². The highest BCUT2D eigenvalue weighted by molar-refractivity contribution is 5.82. The molecule has 0 saturated carbocycles. The van der Waals surface area contributed by atoms with Gasteiger partial charge in [0.15, 0.2) is 0 Å². The molecular weight excluding hydrogens is 258 g/mol. The number of rotatable bonds is 5. The zero-order valence-electron chi connectivity index (χ0n) is 11.3. The third-order valence-corrected chi connectivity index (χ3v) is 3.65. The van der Waals surface area contributed by atoms with E-state index in [4.69, 9.17) is 4.74 Å². The molecular formula is C15H19NO4. The van der Waals surface area contributed by atoms with Gasteiger partial charge in [-0.3, -0.25) is 9.59 Å². The molecule has 5 heteroatoms. The van der Waals surface area contributed by atoms with Gasteiger partial charge in [0.2, 0.25) is 0 Å². The maximum atomic E-state index is 11.9. The van der Waals surface area contributed by atoms with Gasteiger partial charge in [-0.05, 0) is 24.9 Å². The van der Waals surface area contributed by atoms with Crippen LogP contribution >= 0.6 is 0 Å². The largest absolute Gasteiger partial charge is 0.481 e. The molecule has 20 heavy (non-hydrogen) atoms. The van der Waals surface area contributed by atoms with Crippen molar-refractivity contribution in [2.45, 2.75) is 25.9 Å². The molecule has 0 unspecified atom stereocenters. The number of esters is 1. The number of carbonyl (C=O) groups excluding carboxylic acids is 1. The average molecular weight is 277 g/mol. The van der Waals surface area contributed by atoms with E-state index in [1.165, 1.54) is 0 Å². The predicted octanol–water partition coefficient (Wildman–Crippen LogP) is 1.57. The van der Waals surface area contributed by atoms with Crippen molar-refractivity contribution in [2.75, 3.05) is 13.1 Å². The zero-order chi connectivity index (χ0) is 14.4. The third-order valence-electron chi connectivity index (χ3n) is 3.65. The van der Waals surface area contributed by atoms with Crippen molar-refractivity contribution < 1.29 is 19.4 Å². The average Bonchev–Trinajstić information content (AvgIpc) is 2.47. The van der Waals surface area contributed by atoms with E-state index in [1.54, 1.807) is 0 Å². The van der Waals surface area contributed by atoms with Gasteiger partial charge in [0, 0.05) is 6.54 Å².